The number of benzene rings is 1. The number of nitrogens with one attached hydrogen (secondary N) is 1. The summed E-state index contributed by atoms with van der Waals surface area (Å²) in [5.74, 6) is -0.530. The first kappa shape index (κ1) is 19.2. The van der Waals surface area contributed by atoms with Crippen LogP contribution in [-0.2, 0) is 20.7 Å². The summed E-state index contributed by atoms with van der Waals surface area (Å²) >= 11 is 0. The van der Waals surface area contributed by atoms with Crippen molar-refractivity contribution in [2.24, 2.45) is 0 Å². The SMILES string of the molecule is CN[C@@H](Cc1ccc(C)cc1)C(=O)N(C)CC(=O)OC(C)(C)C. The zero-order valence-corrected chi connectivity index (χ0v) is 15.0. The molecule has 1 aromatic rings. The zero-order valence-electron chi connectivity index (χ0n) is 15.0. The summed E-state index contributed by atoms with van der Waals surface area (Å²) in [6, 6.07) is 7.71. The molecule has 0 unspecified atom stereocenters. The van der Waals surface area contributed by atoms with Gasteiger partial charge < -0.3 is 15.0 Å². The second kappa shape index (κ2) is 8.11. The van der Waals surface area contributed by atoms with E-state index in [1.807, 2.05) is 31.2 Å². The number of hydrogen-bond acceptors (Lipinski definition) is 4. The van der Waals surface area contributed by atoms with Gasteiger partial charge in [0, 0.05) is 7.05 Å². The van der Waals surface area contributed by atoms with Crippen molar-refractivity contribution in [2.75, 3.05) is 20.6 Å². The van der Waals surface area contributed by atoms with Crippen molar-refractivity contribution in [3.05, 3.63) is 35.4 Å². The highest BCUT2D eigenvalue weighted by molar-refractivity contribution is 5.85. The number of esters is 1. The fourth-order valence-corrected chi connectivity index (χ4v) is 2.18. The Hall–Kier alpha value is -1.88. The van der Waals surface area contributed by atoms with Crippen LogP contribution in [0, 0.1) is 6.92 Å². The number of carbonyl (C=O) groups is 2. The number of likely N-dealkylation sites (N-methyl/N-ethyl adjacent to an activating group) is 2. The topological polar surface area (TPSA) is 58.6 Å². The Morgan fingerprint density at radius 2 is 1.78 bits per heavy atom. The summed E-state index contributed by atoms with van der Waals surface area (Å²) in [5.41, 5.74) is 1.71. The van der Waals surface area contributed by atoms with Crippen molar-refractivity contribution >= 4 is 11.9 Å². The van der Waals surface area contributed by atoms with Gasteiger partial charge in [-0.1, -0.05) is 29.8 Å². The van der Waals surface area contributed by atoms with Crippen LogP contribution in [0.2, 0.25) is 0 Å². The van der Waals surface area contributed by atoms with Crippen molar-refractivity contribution in [1.82, 2.24) is 10.2 Å². The second-order valence-electron chi connectivity index (χ2n) is 6.81. The molecule has 0 fully saturated rings. The lowest BCUT2D eigenvalue weighted by Gasteiger charge is -2.25. The number of rotatable bonds is 6. The third-order valence-electron chi connectivity index (χ3n) is 3.37. The molecule has 1 amide bonds. The Labute approximate surface area is 139 Å². The van der Waals surface area contributed by atoms with Crippen molar-refractivity contribution in [3.8, 4) is 0 Å². The molecule has 0 saturated carbocycles. The quantitative estimate of drug-likeness (QED) is 0.814. The van der Waals surface area contributed by atoms with Crippen LogP contribution < -0.4 is 5.32 Å². The first-order valence-corrected chi connectivity index (χ1v) is 7.82. The number of hydrogen-bond donors (Lipinski definition) is 1. The third-order valence-corrected chi connectivity index (χ3v) is 3.37. The Balaban J connectivity index is 2.64. The summed E-state index contributed by atoms with van der Waals surface area (Å²) in [6.07, 6.45) is 0.578. The number of amides is 1. The van der Waals surface area contributed by atoms with Gasteiger partial charge in [-0.25, -0.2) is 0 Å². The molecule has 0 radical (unpaired) electrons. The molecular formula is C18H28N2O3. The summed E-state index contributed by atoms with van der Waals surface area (Å²) in [6.45, 7) is 7.39. The molecule has 0 saturated heterocycles. The molecule has 1 N–H and O–H groups in total. The van der Waals surface area contributed by atoms with E-state index in [4.69, 9.17) is 4.74 Å². The fraction of sp³-hybridized carbons (Fsp3) is 0.556. The molecule has 0 heterocycles. The van der Waals surface area contributed by atoms with E-state index >= 15 is 0 Å². The van der Waals surface area contributed by atoms with Crippen LogP contribution in [0.25, 0.3) is 0 Å². The largest absolute Gasteiger partial charge is 0.459 e. The van der Waals surface area contributed by atoms with Gasteiger partial charge >= 0.3 is 5.97 Å². The summed E-state index contributed by atoms with van der Waals surface area (Å²) < 4.78 is 5.25. The van der Waals surface area contributed by atoms with E-state index in [1.165, 1.54) is 10.5 Å². The van der Waals surface area contributed by atoms with Gasteiger partial charge in [0.1, 0.15) is 12.1 Å². The minimum atomic E-state index is -0.550. The number of nitrogens with zero attached hydrogens (tertiary/aromatic N) is 1. The number of ether oxygens (including phenoxy) is 1. The van der Waals surface area contributed by atoms with Crippen LogP contribution in [0.15, 0.2) is 24.3 Å². The predicted octanol–water partition coefficient (Wildman–Crippen LogP) is 1.93. The lowest BCUT2D eigenvalue weighted by molar-refractivity contribution is -0.158. The van der Waals surface area contributed by atoms with Gasteiger partial charge in [-0.15, -0.1) is 0 Å². The molecule has 0 aliphatic carbocycles. The number of aryl methyl sites for hydroxylation is 1. The van der Waals surface area contributed by atoms with Crippen LogP contribution in [0.1, 0.15) is 31.9 Å². The van der Waals surface area contributed by atoms with Crippen LogP contribution >= 0.6 is 0 Å². The van der Waals surface area contributed by atoms with Crippen molar-refractivity contribution in [1.29, 1.82) is 0 Å². The molecule has 1 rings (SSSR count). The van der Waals surface area contributed by atoms with E-state index in [1.54, 1.807) is 34.9 Å². The molecule has 5 nitrogen and oxygen atoms in total. The minimum Gasteiger partial charge on any atom is -0.459 e. The molecule has 5 heteroatoms. The first-order chi connectivity index (χ1) is 10.6. The maximum absolute atomic E-state index is 12.5. The van der Waals surface area contributed by atoms with Crippen LogP contribution in [0.4, 0.5) is 0 Å². The summed E-state index contributed by atoms with van der Waals surface area (Å²) in [4.78, 5) is 25.8. The highest BCUT2D eigenvalue weighted by Crippen LogP contribution is 2.09. The van der Waals surface area contributed by atoms with E-state index in [9.17, 15) is 9.59 Å². The predicted molar refractivity (Wildman–Crippen MR) is 91.2 cm³/mol. The molecule has 1 aromatic carbocycles. The Bertz CT molecular complexity index is 532. The normalized spacial score (nSPS) is 12.6. The maximum atomic E-state index is 12.5. The molecule has 0 spiro atoms. The van der Waals surface area contributed by atoms with Gasteiger partial charge in [-0.05, 0) is 46.7 Å². The highest BCUT2D eigenvalue weighted by atomic mass is 16.6. The Kier molecular flexibility index (Phi) is 6.76. The van der Waals surface area contributed by atoms with Gasteiger partial charge in [0.25, 0.3) is 0 Å². The molecule has 0 aliphatic rings. The number of carbonyl (C=O) groups excluding carboxylic acids is 2. The molecule has 0 bridgehead atoms. The third kappa shape index (κ3) is 6.82. The minimum absolute atomic E-state index is 0.0534. The van der Waals surface area contributed by atoms with Crippen molar-refractivity contribution in [2.45, 2.75) is 45.8 Å². The average molecular weight is 320 g/mol. The molecule has 0 aromatic heterocycles. The molecule has 23 heavy (non-hydrogen) atoms. The lowest BCUT2D eigenvalue weighted by Crippen LogP contribution is -2.47. The van der Waals surface area contributed by atoms with E-state index in [2.05, 4.69) is 5.32 Å². The van der Waals surface area contributed by atoms with Crippen LogP contribution in [0.3, 0.4) is 0 Å². The summed E-state index contributed by atoms with van der Waals surface area (Å²) in [7, 11) is 3.36. The summed E-state index contributed by atoms with van der Waals surface area (Å²) in [5, 5.41) is 3.02. The highest BCUT2D eigenvalue weighted by Gasteiger charge is 2.24. The van der Waals surface area contributed by atoms with Gasteiger partial charge in [0.05, 0.1) is 6.04 Å². The monoisotopic (exact) mass is 320 g/mol. The van der Waals surface area contributed by atoms with Crippen molar-refractivity contribution in [3.63, 3.8) is 0 Å². The molecular weight excluding hydrogens is 292 g/mol. The average Bonchev–Trinajstić information content (AvgIpc) is 2.43. The van der Waals surface area contributed by atoms with E-state index in [0.29, 0.717) is 6.42 Å². The smallest absolute Gasteiger partial charge is 0.326 e. The van der Waals surface area contributed by atoms with Crippen molar-refractivity contribution < 1.29 is 14.3 Å². The van der Waals surface area contributed by atoms with E-state index in [-0.39, 0.29) is 18.5 Å². The Morgan fingerprint density at radius 3 is 2.26 bits per heavy atom. The van der Waals surface area contributed by atoms with E-state index < -0.39 is 11.6 Å². The van der Waals surface area contributed by atoms with Crippen LogP contribution in [0.5, 0.6) is 0 Å². The standard InChI is InChI=1S/C18H28N2O3/c1-13-7-9-14(10-8-13)11-15(19-5)17(22)20(6)12-16(21)23-18(2,3)4/h7-10,15,19H,11-12H2,1-6H3/t15-/m0/s1. The van der Waals surface area contributed by atoms with Crippen LogP contribution in [-0.4, -0.2) is 49.1 Å². The lowest BCUT2D eigenvalue weighted by atomic mass is 10.0. The zero-order chi connectivity index (χ0) is 17.6. The van der Waals surface area contributed by atoms with Gasteiger partial charge in [-0.3, -0.25) is 9.59 Å². The molecule has 128 valence electrons. The molecule has 0 aliphatic heterocycles. The maximum Gasteiger partial charge on any atom is 0.326 e. The first-order valence-electron chi connectivity index (χ1n) is 7.82. The van der Waals surface area contributed by atoms with E-state index in [0.717, 1.165) is 5.56 Å². The fourth-order valence-electron chi connectivity index (χ4n) is 2.18. The van der Waals surface area contributed by atoms with Gasteiger partial charge in [-0.2, -0.15) is 0 Å². The second-order valence-corrected chi connectivity index (χ2v) is 6.81. The molecule has 1 atom stereocenters. The Morgan fingerprint density at radius 1 is 1.22 bits per heavy atom. The van der Waals surface area contributed by atoms with Gasteiger partial charge in [0.2, 0.25) is 5.91 Å². The van der Waals surface area contributed by atoms with Gasteiger partial charge in [0.15, 0.2) is 0 Å².